The van der Waals surface area contributed by atoms with Gasteiger partial charge in [-0.15, -0.1) is 0 Å². The quantitative estimate of drug-likeness (QED) is 0.492. The third kappa shape index (κ3) is 7.04. The van der Waals surface area contributed by atoms with Gasteiger partial charge in [0.05, 0.1) is 24.7 Å². The fraction of sp³-hybridized carbons (Fsp3) is 0.611. The van der Waals surface area contributed by atoms with Crippen molar-refractivity contribution in [3.63, 3.8) is 0 Å². The number of hydrogen-bond donors (Lipinski definition) is 0. The van der Waals surface area contributed by atoms with Gasteiger partial charge in [-0.3, -0.25) is 0 Å². The second-order valence-corrected chi connectivity index (χ2v) is 8.63. The topological polar surface area (TPSA) is 74.7 Å². The average Bonchev–Trinajstić information content (AvgIpc) is 2.54. The van der Waals surface area contributed by atoms with E-state index in [0.29, 0.717) is 25.5 Å². The van der Waals surface area contributed by atoms with E-state index in [0.717, 1.165) is 30.7 Å². The monoisotopic (exact) mass is 369 g/mol. The maximum Gasteiger partial charge on any atom is 0.213 e. The van der Waals surface area contributed by atoms with Crippen LogP contribution in [0.2, 0.25) is 0 Å². The van der Waals surface area contributed by atoms with E-state index in [9.17, 15) is 8.42 Å². The molecule has 1 unspecified atom stereocenters. The highest BCUT2D eigenvalue weighted by Crippen LogP contribution is 2.26. The van der Waals surface area contributed by atoms with Gasteiger partial charge in [-0.05, 0) is 50.3 Å². The summed E-state index contributed by atoms with van der Waals surface area (Å²) in [5, 5.41) is 0. The van der Waals surface area contributed by atoms with Gasteiger partial charge >= 0.3 is 0 Å². The molecule has 2 rings (SSSR count). The Morgan fingerprint density at radius 1 is 1.32 bits per heavy atom. The smallest absolute Gasteiger partial charge is 0.213 e. The Morgan fingerprint density at radius 3 is 2.80 bits per heavy atom. The lowest BCUT2D eigenvalue weighted by Crippen LogP contribution is -2.19. The zero-order chi connectivity index (χ0) is 18.3. The van der Waals surface area contributed by atoms with Crippen molar-refractivity contribution < 1.29 is 22.6 Å². The Balaban J connectivity index is 1.90. The van der Waals surface area contributed by atoms with Gasteiger partial charge in [0.15, 0.2) is 0 Å². The maximum atomic E-state index is 11.1. The van der Waals surface area contributed by atoms with E-state index < -0.39 is 9.84 Å². The summed E-state index contributed by atoms with van der Waals surface area (Å²) in [6.07, 6.45) is 6.99. The van der Waals surface area contributed by atoms with Crippen molar-refractivity contribution in [3.05, 3.63) is 29.5 Å². The van der Waals surface area contributed by atoms with Gasteiger partial charge in [-0.25, -0.2) is 13.4 Å². The highest BCUT2D eigenvalue weighted by atomic mass is 32.2. The van der Waals surface area contributed by atoms with Crippen LogP contribution >= 0.6 is 0 Å². The van der Waals surface area contributed by atoms with Crippen molar-refractivity contribution in [2.45, 2.75) is 38.7 Å². The number of aryl methyl sites for hydroxylation is 1. The average molecular weight is 369 g/mol. The van der Waals surface area contributed by atoms with Gasteiger partial charge in [-0.2, -0.15) is 0 Å². The molecular weight excluding hydrogens is 342 g/mol. The molecule has 0 aromatic carbocycles. The minimum absolute atomic E-state index is 0.0425. The number of pyridine rings is 1. The zero-order valence-electron chi connectivity index (χ0n) is 15.2. The Morgan fingerprint density at radius 2 is 2.12 bits per heavy atom. The Hall–Kier alpha value is -1.60. The van der Waals surface area contributed by atoms with E-state index in [-0.39, 0.29) is 11.9 Å². The largest absolute Gasteiger partial charge is 0.484 e. The van der Waals surface area contributed by atoms with Crippen LogP contribution in [0.4, 0.5) is 0 Å². The molecular formula is C18H27NO5S. The van der Waals surface area contributed by atoms with Gasteiger partial charge in [0.1, 0.15) is 21.7 Å². The lowest BCUT2D eigenvalue weighted by Gasteiger charge is -2.23. The van der Waals surface area contributed by atoms with E-state index >= 15 is 0 Å². The summed E-state index contributed by atoms with van der Waals surface area (Å²) in [4.78, 5) is 4.39. The third-order valence-electron chi connectivity index (χ3n) is 3.94. The first-order chi connectivity index (χ1) is 11.9. The van der Waals surface area contributed by atoms with Crippen LogP contribution in [0.25, 0.3) is 0 Å². The Bertz CT molecular complexity index is 699. The summed E-state index contributed by atoms with van der Waals surface area (Å²) in [7, 11) is -1.25. The summed E-state index contributed by atoms with van der Waals surface area (Å²) < 4.78 is 39.0. The van der Waals surface area contributed by atoms with E-state index in [2.05, 4.69) is 11.1 Å². The first kappa shape index (κ1) is 19.7. The summed E-state index contributed by atoms with van der Waals surface area (Å²) in [5.41, 5.74) is 2.03. The molecule has 0 bridgehead atoms. The first-order valence-electron chi connectivity index (χ1n) is 8.51. The number of methoxy groups -OCH3 is 1. The van der Waals surface area contributed by atoms with E-state index in [1.165, 1.54) is 11.8 Å². The van der Waals surface area contributed by atoms with Crippen LogP contribution in [-0.2, 0) is 14.6 Å². The standard InChI is InChI=1S/C18H27NO5S/c1-14-17(24-16-7-4-6-15(12-16)13-22-2)8-9-18(19-14)23-10-5-11-25(3,20)21/h8-9,12,16H,4-7,10-11,13H2,1-3H3. The van der Waals surface area contributed by atoms with Crippen LogP contribution in [0.3, 0.4) is 0 Å². The SMILES string of the molecule is COCC1=CC(Oc2ccc(OCCCS(C)(=O)=O)nc2C)CCC1. The number of hydrogen-bond acceptors (Lipinski definition) is 6. The van der Waals surface area contributed by atoms with Crippen LogP contribution in [0.5, 0.6) is 11.6 Å². The molecule has 0 saturated heterocycles. The highest BCUT2D eigenvalue weighted by molar-refractivity contribution is 7.90. The lowest BCUT2D eigenvalue weighted by atomic mass is 9.98. The molecule has 6 nitrogen and oxygen atoms in total. The van der Waals surface area contributed by atoms with Gasteiger partial charge < -0.3 is 14.2 Å². The second kappa shape index (κ2) is 9.20. The Kier molecular flexibility index (Phi) is 7.25. The van der Waals surface area contributed by atoms with Crippen LogP contribution in [0.15, 0.2) is 23.8 Å². The Labute approximate surface area is 150 Å². The third-order valence-corrected chi connectivity index (χ3v) is 4.97. The molecule has 0 radical (unpaired) electrons. The molecule has 25 heavy (non-hydrogen) atoms. The first-order valence-corrected chi connectivity index (χ1v) is 10.6. The summed E-state index contributed by atoms with van der Waals surface area (Å²) in [6, 6.07) is 3.61. The molecule has 1 aliphatic carbocycles. The molecule has 1 aromatic heterocycles. The van der Waals surface area contributed by atoms with Gasteiger partial charge in [0.25, 0.3) is 0 Å². The highest BCUT2D eigenvalue weighted by Gasteiger charge is 2.16. The molecule has 1 aromatic rings. The van der Waals surface area contributed by atoms with Crippen LogP contribution in [0, 0.1) is 6.92 Å². The van der Waals surface area contributed by atoms with Crippen molar-refractivity contribution in [2.24, 2.45) is 0 Å². The van der Waals surface area contributed by atoms with Crippen LogP contribution in [0.1, 0.15) is 31.4 Å². The summed E-state index contributed by atoms with van der Waals surface area (Å²) in [5.74, 6) is 1.34. The van der Waals surface area contributed by atoms with Crippen LogP contribution < -0.4 is 9.47 Å². The molecule has 140 valence electrons. The summed E-state index contributed by atoms with van der Waals surface area (Å²) in [6.45, 7) is 2.85. The van der Waals surface area contributed by atoms with E-state index in [1.54, 1.807) is 13.2 Å². The number of aromatic nitrogens is 1. The fourth-order valence-electron chi connectivity index (χ4n) is 2.75. The molecule has 0 spiro atoms. The number of ether oxygens (including phenoxy) is 3. The minimum Gasteiger partial charge on any atom is -0.484 e. The number of nitrogens with zero attached hydrogens (tertiary/aromatic N) is 1. The van der Waals surface area contributed by atoms with Crippen molar-refractivity contribution >= 4 is 9.84 Å². The van der Waals surface area contributed by atoms with Crippen LogP contribution in [-0.4, -0.2) is 51.8 Å². The predicted molar refractivity (Wildman–Crippen MR) is 97.0 cm³/mol. The van der Waals surface area contributed by atoms with E-state index in [4.69, 9.17) is 14.2 Å². The molecule has 1 atom stereocenters. The fourth-order valence-corrected chi connectivity index (χ4v) is 3.39. The predicted octanol–water partition coefficient (Wildman–Crippen LogP) is 2.71. The van der Waals surface area contributed by atoms with E-state index in [1.807, 2.05) is 13.0 Å². The van der Waals surface area contributed by atoms with Gasteiger partial charge in [0, 0.05) is 19.4 Å². The maximum absolute atomic E-state index is 11.1. The van der Waals surface area contributed by atoms with Crippen molar-refractivity contribution in [3.8, 4) is 11.6 Å². The minimum atomic E-state index is -2.95. The molecule has 1 aliphatic rings. The lowest BCUT2D eigenvalue weighted by molar-refractivity contribution is 0.199. The number of sulfone groups is 1. The molecule has 0 fully saturated rings. The van der Waals surface area contributed by atoms with Gasteiger partial charge in [-0.1, -0.05) is 0 Å². The molecule has 1 heterocycles. The summed E-state index contributed by atoms with van der Waals surface area (Å²) >= 11 is 0. The normalized spacial score (nSPS) is 17.9. The molecule has 0 amide bonds. The second-order valence-electron chi connectivity index (χ2n) is 6.37. The molecule has 7 heteroatoms. The molecule has 0 saturated carbocycles. The number of rotatable bonds is 9. The van der Waals surface area contributed by atoms with Crippen molar-refractivity contribution in [1.82, 2.24) is 4.98 Å². The van der Waals surface area contributed by atoms with Gasteiger partial charge in [0.2, 0.25) is 5.88 Å². The zero-order valence-corrected chi connectivity index (χ0v) is 16.0. The molecule has 0 aliphatic heterocycles. The van der Waals surface area contributed by atoms with Crippen molar-refractivity contribution in [2.75, 3.05) is 32.3 Å². The molecule has 0 N–H and O–H groups in total. The van der Waals surface area contributed by atoms with Crippen molar-refractivity contribution in [1.29, 1.82) is 0 Å².